The number of para-hydroxylation sites is 1. The molecule has 1 heterocycles. The number of rotatable bonds is 6. The summed E-state index contributed by atoms with van der Waals surface area (Å²) in [5, 5.41) is 13.9. The van der Waals surface area contributed by atoms with Crippen LogP contribution in [0.3, 0.4) is 0 Å². The molecule has 1 atom stereocenters. The summed E-state index contributed by atoms with van der Waals surface area (Å²) in [6.07, 6.45) is 0. The zero-order chi connectivity index (χ0) is 15.5. The van der Waals surface area contributed by atoms with E-state index >= 15 is 0 Å². The summed E-state index contributed by atoms with van der Waals surface area (Å²) in [6, 6.07) is 9.74. The molecule has 2 aromatic rings. The summed E-state index contributed by atoms with van der Waals surface area (Å²) in [6.45, 7) is 6.62. The molecule has 1 unspecified atom stereocenters. The van der Waals surface area contributed by atoms with Crippen molar-refractivity contribution in [3.63, 3.8) is 0 Å². The number of furan rings is 1. The van der Waals surface area contributed by atoms with Crippen LogP contribution in [-0.2, 0) is 12.1 Å². The molecule has 0 aliphatic carbocycles. The largest absolute Gasteiger partial charge is 0.496 e. The third-order valence-corrected chi connectivity index (χ3v) is 3.60. The fourth-order valence-corrected chi connectivity index (χ4v) is 2.55. The third-order valence-electron chi connectivity index (χ3n) is 3.60. The molecule has 1 aromatic heterocycles. The van der Waals surface area contributed by atoms with Crippen LogP contribution in [0, 0.1) is 13.8 Å². The highest BCUT2D eigenvalue weighted by Gasteiger charge is 2.27. The minimum absolute atomic E-state index is 0.435. The molecule has 2 N–H and O–H groups in total. The van der Waals surface area contributed by atoms with Gasteiger partial charge in [-0.15, -0.1) is 0 Å². The average molecular weight is 289 g/mol. The predicted molar refractivity (Wildman–Crippen MR) is 82.5 cm³/mol. The van der Waals surface area contributed by atoms with E-state index in [9.17, 15) is 5.11 Å². The van der Waals surface area contributed by atoms with E-state index in [1.54, 1.807) is 14.0 Å². The maximum Gasteiger partial charge on any atom is 0.123 e. The SMILES string of the molecule is COc1ccccc1CNCC(C)(O)c1cc(C)oc1C. The smallest absolute Gasteiger partial charge is 0.123 e. The molecule has 4 nitrogen and oxygen atoms in total. The van der Waals surface area contributed by atoms with Gasteiger partial charge in [0.1, 0.15) is 22.9 Å². The second-order valence-corrected chi connectivity index (χ2v) is 5.52. The summed E-state index contributed by atoms with van der Waals surface area (Å²) in [5.74, 6) is 2.42. The molecule has 21 heavy (non-hydrogen) atoms. The van der Waals surface area contributed by atoms with E-state index in [0.29, 0.717) is 13.1 Å². The number of hydrogen-bond acceptors (Lipinski definition) is 4. The van der Waals surface area contributed by atoms with E-state index in [1.807, 2.05) is 44.2 Å². The molecule has 0 fully saturated rings. The van der Waals surface area contributed by atoms with Gasteiger partial charge in [-0.05, 0) is 32.9 Å². The zero-order valence-electron chi connectivity index (χ0n) is 13.1. The summed E-state index contributed by atoms with van der Waals surface area (Å²) >= 11 is 0. The first-order chi connectivity index (χ1) is 9.94. The van der Waals surface area contributed by atoms with Gasteiger partial charge in [0.25, 0.3) is 0 Å². The van der Waals surface area contributed by atoms with Crippen molar-refractivity contribution >= 4 is 0 Å². The number of hydrogen-bond donors (Lipinski definition) is 2. The molecule has 0 spiro atoms. The summed E-state index contributed by atoms with van der Waals surface area (Å²) in [5.41, 5.74) is 0.924. The van der Waals surface area contributed by atoms with Gasteiger partial charge in [-0.3, -0.25) is 0 Å². The van der Waals surface area contributed by atoms with Crippen LogP contribution < -0.4 is 10.1 Å². The van der Waals surface area contributed by atoms with E-state index in [2.05, 4.69) is 5.32 Å². The standard InChI is InChI=1S/C17H23NO3/c1-12-9-15(13(2)21-12)17(3,19)11-18-10-14-7-5-6-8-16(14)20-4/h5-9,18-19H,10-11H2,1-4H3. The molecule has 114 valence electrons. The lowest BCUT2D eigenvalue weighted by Gasteiger charge is -2.23. The molecule has 2 rings (SSSR count). The minimum atomic E-state index is -0.968. The molecular formula is C17H23NO3. The van der Waals surface area contributed by atoms with Gasteiger partial charge in [-0.1, -0.05) is 18.2 Å². The molecule has 0 aliphatic heterocycles. The molecule has 0 saturated carbocycles. The Hall–Kier alpha value is -1.78. The fraction of sp³-hybridized carbons (Fsp3) is 0.412. The lowest BCUT2D eigenvalue weighted by molar-refractivity contribution is 0.0551. The first-order valence-corrected chi connectivity index (χ1v) is 7.06. The van der Waals surface area contributed by atoms with E-state index in [1.165, 1.54) is 0 Å². The number of ether oxygens (including phenoxy) is 1. The second-order valence-electron chi connectivity index (χ2n) is 5.52. The van der Waals surface area contributed by atoms with Crippen LogP contribution in [0.5, 0.6) is 5.75 Å². The highest BCUT2D eigenvalue weighted by atomic mass is 16.5. The van der Waals surface area contributed by atoms with Gasteiger partial charge in [-0.2, -0.15) is 0 Å². The van der Waals surface area contributed by atoms with Gasteiger partial charge in [0, 0.05) is 24.2 Å². The van der Waals surface area contributed by atoms with Gasteiger partial charge in [0.15, 0.2) is 0 Å². The van der Waals surface area contributed by atoms with Crippen molar-refractivity contribution in [3.8, 4) is 5.75 Å². The van der Waals surface area contributed by atoms with E-state index in [4.69, 9.17) is 9.15 Å². The Balaban J connectivity index is 2.00. The van der Waals surface area contributed by atoms with Crippen LogP contribution in [0.2, 0.25) is 0 Å². The number of benzene rings is 1. The van der Waals surface area contributed by atoms with Crippen LogP contribution in [0.1, 0.15) is 29.6 Å². The van der Waals surface area contributed by atoms with Crippen molar-refractivity contribution in [2.75, 3.05) is 13.7 Å². The Kier molecular flexibility index (Phi) is 4.70. The van der Waals surface area contributed by atoms with E-state index in [-0.39, 0.29) is 0 Å². The van der Waals surface area contributed by atoms with Crippen LogP contribution in [0.15, 0.2) is 34.7 Å². The summed E-state index contributed by atoms with van der Waals surface area (Å²) < 4.78 is 10.8. The van der Waals surface area contributed by atoms with Gasteiger partial charge >= 0.3 is 0 Å². The summed E-state index contributed by atoms with van der Waals surface area (Å²) in [7, 11) is 1.66. The Labute approximate surface area is 125 Å². The van der Waals surface area contributed by atoms with Crippen molar-refractivity contribution in [2.24, 2.45) is 0 Å². The van der Waals surface area contributed by atoms with Crippen LogP contribution in [0.4, 0.5) is 0 Å². The second kappa shape index (κ2) is 6.33. The molecular weight excluding hydrogens is 266 g/mol. The van der Waals surface area contributed by atoms with Gasteiger partial charge in [-0.25, -0.2) is 0 Å². The van der Waals surface area contributed by atoms with Gasteiger partial charge in [0.2, 0.25) is 0 Å². The molecule has 0 saturated heterocycles. The number of aryl methyl sites for hydroxylation is 2. The first kappa shape index (κ1) is 15.6. The maximum atomic E-state index is 10.6. The van der Waals surface area contributed by atoms with Crippen LogP contribution >= 0.6 is 0 Å². The quantitative estimate of drug-likeness (QED) is 0.858. The predicted octanol–water partition coefficient (Wildman–Crippen LogP) is 2.90. The molecule has 0 radical (unpaired) electrons. The Morgan fingerprint density at radius 2 is 2.00 bits per heavy atom. The molecule has 0 amide bonds. The van der Waals surface area contributed by atoms with E-state index in [0.717, 1.165) is 28.4 Å². The zero-order valence-corrected chi connectivity index (χ0v) is 13.1. The number of nitrogens with one attached hydrogen (secondary N) is 1. The molecule has 0 aliphatic rings. The average Bonchev–Trinajstić information content (AvgIpc) is 2.79. The Morgan fingerprint density at radius 1 is 1.29 bits per heavy atom. The molecule has 0 bridgehead atoms. The maximum absolute atomic E-state index is 10.6. The number of methoxy groups -OCH3 is 1. The van der Waals surface area contributed by atoms with Gasteiger partial charge in [0.05, 0.1) is 7.11 Å². The Bertz CT molecular complexity index is 602. The lowest BCUT2D eigenvalue weighted by Crippen LogP contribution is -2.35. The monoisotopic (exact) mass is 289 g/mol. The highest BCUT2D eigenvalue weighted by molar-refractivity contribution is 5.33. The molecule has 4 heteroatoms. The van der Waals surface area contributed by atoms with E-state index < -0.39 is 5.60 Å². The van der Waals surface area contributed by atoms with Crippen molar-refractivity contribution in [1.82, 2.24) is 5.32 Å². The fourth-order valence-electron chi connectivity index (χ4n) is 2.55. The first-order valence-electron chi connectivity index (χ1n) is 7.06. The highest BCUT2D eigenvalue weighted by Crippen LogP contribution is 2.26. The van der Waals surface area contributed by atoms with Crippen LogP contribution in [-0.4, -0.2) is 18.8 Å². The van der Waals surface area contributed by atoms with Crippen molar-refractivity contribution in [1.29, 1.82) is 0 Å². The minimum Gasteiger partial charge on any atom is -0.496 e. The number of aliphatic hydroxyl groups is 1. The summed E-state index contributed by atoms with van der Waals surface area (Å²) in [4.78, 5) is 0. The van der Waals surface area contributed by atoms with Crippen molar-refractivity contribution in [3.05, 3.63) is 53.0 Å². The topological polar surface area (TPSA) is 54.6 Å². The van der Waals surface area contributed by atoms with Crippen molar-refractivity contribution < 1.29 is 14.3 Å². The lowest BCUT2D eigenvalue weighted by atomic mass is 9.96. The van der Waals surface area contributed by atoms with Gasteiger partial charge < -0.3 is 19.6 Å². The third kappa shape index (κ3) is 3.65. The Morgan fingerprint density at radius 3 is 2.62 bits per heavy atom. The molecule has 1 aromatic carbocycles. The normalized spacial score (nSPS) is 14.0. The van der Waals surface area contributed by atoms with Crippen molar-refractivity contribution in [2.45, 2.75) is 32.9 Å². The van der Waals surface area contributed by atoms with Crippen LogP contribution in [0.25, 0.3) is 0 Å².